The summed E-state index contributed by atoms with van der Waals surface area (Å²) in [7, 11) is 1.97. The van der Waals surface area contributed by atoms with Crippen molar-refractivity contribution in [1.29, 1.82) is 5.26 Å². The number of aromatic amines is 1. The van der Waals surface area contributed by atoms with E-state index < -0.39 is 0 Å². The van der Waals surface area contributed by atoms with Crippen LogP contribution in [-0.2, 0) is 12.6 Å². The van der Waals surface area contributed by atoms with E-state index in [4.69, 9.17) is 5.26 Å². The molecular formula is C16H18N6. The minimum Gasteiger partial charge on any atom is -0.345 e. The van der Waals surface area contributed by atoms with Crippen molar-refractivity contribution in [2.75, 3.05) is 13.1 Å². The SMILES string of the molecule is Cc1cn(C2(CC#N)CNC2)cc1-c1c2cc[nH]c2nn1C. The van der Waals surface area contributed by atoms with Crippen molar-refractivity contribution in [3.63, 3.8) is 0 Å². The van der Waals surface area contributed by atoms with Crippen LogP contribution in [0.15, 0.2) is 24.7 Å². The Morgan fingerprint density at radius 1 is 1.41 bits per heavy atom. The molecule has 0 radical (unpaired) electrons. The second-order valence-electron chi connectivity index (χ2n) is 6.14. The zero-order valence-corrected chi connectivity index (χ0v) is 12.7. The highest BCUT2D eigenvalue weighted by Crippen LogP contribution is 2.34. The van der Waals surface area contributed by atoms with Crippen LogP contribution in [0.2, 0.25) is 0 Å². The third-order valence-corrected chi connectivity index (χ3v) is 4.70. The van der Waals surface area contributed by atoms with Gasteiger partial charge in [-0.25, -0.2) is 0 Å². The van der Waals surface area contributed by atoms with E-state index in [1.54, 1.807) is 0 Å². The topological polar surface area (TPSA) is 74.4 Å². The number of nitrogens with one attached hydrogen (secondary N) is 2. The lowest BCUT2D eigenvalue weighted by atomic mass is 9.89. The molecule has 1 aliphatic rings. The molecule has 4 heterocycles. The quantitative estimate of drug-likeness (QED) is 0.774. The van der Waals surface area contributed by atoms with Crippen LogP contribution in [0, 0.1) is 18.3 Å². The van der Waals surface area contributed by atoms with E-state index in [0.29, 0.717) is 6.42 Å². The smallest absolute Gasteiger partial charge is 0.159 e. The molecule has 3 aromatic heterocycles. The lowest BCUT2D eigenvalue weighted by Gasteiger charge is -2.42. The van der Waals surface area contributed by atoms with Gasteiger partial charge in [0.1, 0.15) is 0 Å². The highest BCUT2D eigenvalue weighted by atomic mass is 15.3. The molecule has 112 valence electrons. The van der Waals surface area contributed by atoms with Gasteiger partial charge in [0, 0.05) is 49.7 Å². The first-order valence-electron chi connectivity index (χ1n) is 7.42. The molecule has 1 fully saturated rings. The fourth-order valence-electron chi connectivity index (χ4n) is 3.37. The summed E-state index contributed by atoms with van der Waals surface area (Å²) in [6, 6.07) is 4.39. The Morgan fingerprint density at radius 3 is 2.91 bits per heavy atom. The number of nitrogens with zero attached hydrogens (tertiary/aromatic N) is 4. The minimum absolute atomic E-state index is 0.104. The largest absolute Gasteiger partial charge is 0.345 e. The number of hydrogen-bond acceptors (Lipinski definition) is 3. The van der Waals surface area contributed by atoms with Gasteiger partial charge in [-0.1, -0.05) is 0 Å². The van der Waals surface area contributed by atoms with Gasteiger partial charge in [-0.3, -0.25) is 4.68 Å². The number of hydrogen-bond donors (Lipinski definition) is 2. The predicted molar refractivity (Wildman–Crippen MR) is 84.3 cm³/mol. The van der Waals surface area contributed by atoms with Crippen molar-refractivity contribution in [3.05, 3.63) is 30.2 Å². The molecule has 6 heteroatoms. The molecule has 0 spiro atoms. The molecule has 0 aliphatic carbocycles. The summed E-state index contributed by atoms with van der Waals surface area (Å²) < 4.78 is 4.13. The van der Waals surface area contributed by atoms with Crippen LogP contribution in [0.5, 0.6) is 0 Å². The van der Waals surface area contributed by atoms with Gasteiger partial charge in [0.2, 0.25) is 0 Å². The molecule has 0 amide bonds. The lowest BCUT2D eigenvalue weighted by molar-refractivity contribution is 0.180. The van der Waals surface area contributed by atoms with Crippen LogP contribution in [0.3, 0.4) is 0 Å². The Labute approximate surface area is 128 Å². The Morgan fingerprint density at radius 2 is 2.23 bits per heavy atom. The molecule has 0 bridgehead atoms. The Balaban J connectivity index is 1.86. The van der Waals surface area contributed by atoms with Crippen molar-refractivity contribution in [2.45, 2.75) is 18.9 Å². The van der Waals surface area contributed by atoms with E-state index in [1.165, 1.54) is 11.1 Å². The Kier molecular flexibility index (Phi) is 2.68. The molecule has 6 nitrogen and oxygen atoms in total. The van der Waals surface area contributed by atoms with Gasteiger partial charge >= 0.3 is 0 Å². The van der Waals surface area contributed by atoms with Gasteiger partial charge in [-0.15, -0.1) is 0 Å². The maximum absolute atomic E-state index is 9.14. The number of rotatable bonds is 3. The average molecular weight is 294 g/mol. The van der Waals surface area contributed by atoms with Gasteiger partial charge in [0.05, 0.1) is 23.7 Å². The molecule has 4 rings (SSSR count). The van der Waals surface area contributed by atoms with Crippen LogP contribution in [0.25, 0.3) is 22.3 Å². The summed E-state index contributed by atoms with van der Waals surface area (Å²) in [5, 5.41) is 18.1. The van der Waals surface area contributed by atoms with Crippen molar-refractivity contribution < 1.29 is 0 Å². The van der Waals surface area contributed by atoms with Crippen molar-refractivity contribution in [3.8, 4) is 17.3 Å². The summed E-state index contributed by atoms with van der Waals surface area (Å²) in [5.41, 5.74) is 4.30. The van der Waals surface area contributed by atoms with Gasteiger partial charge in [0.25, 0.3) is 0 Å². The van der Waals surface area contributed by atoms with E-state index in [2.05, 4.69) is 51.4 Å². The van der Waals surface area contributed by atoms with Gasteiger partial charge in [-0.05, 0) is 18.6 Å². The first-order chi connectivity index (χ1) is 10.6. The van der Waals surface area contributed by atoms with Gasteiger partial charge < -0.3 is 14.9 Å². The number of H-pyrrole nitrogens is 1. The highest BCUT2D eigenvalue weighted by Gasteiger charge is 2.38. The monoisotopic (exact) mass is 294 g/mol. The second-order valence-corrected chi connectivity index (χ2v) is 6.14. The molecule has 2 N–H and O–H groups in total. The van der Waals surface area contributed by atoms with E-state index >= 15 is 0 Å². The van der Waals surface area contributed by atoms with Crippen LogP contribution in [0.1, 0.15) is 12.0 Å². The fraction of sp³-hybridized carbons (Fsp3) is 0.375. The van der Waals surface area contributed by atoms with E-state index in [0.717, 1.165) is 29.8 Å². The van der Waals surface area contributed by atoms with Gasteiger partial charge in [0.15, 0.2) is 5.65 Å². The standard InChI is InChI=1S/C16H18N6/c1-11-7-22(16(4-5-17)9-18-10-16)8-13(11)14-12-3-6-19-15(12)20-21(14)2/h3,6-8,18H,4,9-10H2,1-2H3,(H,19,20). The molecule has 1 aliphatic heterocycles. The van der Waals surface area contributed by atoms with Crippen molar-refractivity contribution in [1.82, 2.24) is 24.6 Å². The normalized spacial score (nSPS) is 16.6. The summed E-state index contributed by atoms with van der Waals surface area (Å²) in [6.45, 7) is 3.81. The minimum atomic E-state index is -0.104. The van der Waals surface area contributed by atoms with Crippen LogP contribution < -0.4 is 5.32 Å². The van der Waals surface area contributed by atoms with E-state index in [1.807, 2.05) is 17.9 Å². The molecule has 1 saturated heterocycles. The zero-order chi connectivity index (χ0) is 15.3. The second kappa shape index (κ2) is 4.49. The first kappa shape index (κ1) is 13.2. The highest BCUT2D eigenvalue weighted by molar-refractivity contribution is 5.92. The molecule has 22 heavy (non-hydrogen) atoms. The summed E-state index contributed by atoms with van der Waals surface area (Å²) in [4.78, 5) is 3.16. The molecule has 0 aromatic carbocycles. The molecule has 0 unspecified atom stereocenters. The summed E-state index contributed by atoms with van der Waals surface area (Å²) in [6.07, 6.45) is 6.76. The first-order valence-corrected chi connectivity index (χ1v) is 7.42. The Hall–Kier alpha value is -2.52. The predicted octanol–water partition coefficient (Wildman–Crippen LogP) is 1.89. The zero-order valence-electron chi connectivity index (χ0n) is 12.7. The molecule has 0 saturated carbocycles. The van der Waals surface area contributed by atoms with Crippen LogP contribution in [-0.4, -0.2) is 32.4 Å². The fourth-order valence-corrected chi connectivity index (χ4v) is 3.37. The van der Waals surface area contributed by atoms with E-state index in [9.17, 15) is 0 Å². The number of aromatic nitrogens is 4. The lowest BCUT2D eigenvalue weighted by Crippen LogP contribution is -2.60. The van der Waals surface area contributed by atoms with Crippen molar-refractivity contribution in [2.24, 2.45) is 7.05 Å². The maximum Gasteiger partial charge on any atom is 0.159 e. The maximum atomic E-state index is 9.14. The number of aryl methyl sites for hydroxylation is 2. The summed E-state index contributed by atoms with van der Waals surface area (Å²) >= 11 is 0. The summed E-state index contributed by atoms with van der Waals surface area (Å²) in [5.74, 6) is 0. The number of fused-ring (bicyclic) bond motifs is 1. The average Bonchev–Trinajstić information content (AvgIpc) is 3.09. The van der Waals surface area contributed by atoms with Crippen LogP contribution >= 0.6 is 0 Å². The van der Waals surface area contributed by atoms with Crippen molar-refractivity contribution >= 4 is 11.0 Å². The number of nitriles is 1. The molecule has 0 atom stereocenters. The van der Waals surface area contributed by atoms with E-state index in [-0.39, 0.29) is 5.54 Å². The third-order valence-electron chi connectivity index (χ3n) is 4.70. The third kappa shape index (κ3) is 1.66. The van der Waals surface area contributed by atoms with Gasteiger partial charge in [-0.2, -0.15) is 10.4 Å². The molecular weight excluding hydrogens is 276 g/mol. The Bertz CT molecular complexity index is 884. The van der Waals surface area contributed by atoms with Crippen LogP contribution in [0.4, 0.5) is 0 Å². The molecule has 3 aromatic rings.